The third kappa shape index (κ3) is 4.86. The van der Waals surface area contributed by atoms with Crippen molar-refractivity contribution in [3.05, 3.63) is 0 Å². The quantitative estimate of drug-likeness (QED) is 0.289. The molecular formula is C16H42O10Si4. The van der Waals surface area contributed by atoms with Gasteiger partial charge >= 0.3 is 26.4 Å². The highest BCUT2D eigenvalue weighted by atomic mass is 28.5. The molecule has 182 valence electrons. The minimum atomic E-state index is -3.19. The van der Waals surface area contributed by atoms with Crippen molar-refractivity contribution in [3.8, 4) is 0 Å². The van der Waals surface area contributed by atoms with Crippen LogP contribution in [0.15, 0.2) is 0 Å². The van der Waals surface area contributed by atoms with Gasteiger partial charge < -0.3 is 44.3 Å². The lowest BCUT2D eigenvalue weighted by atomic mass is 10.9. The summed E-state index contributed by atoms with van der Waals surface area (Å²) < 4.78 is 59.3. The highest BCUT2D eigenvalue weighted by Crippen LogP contribution is 2.53. The molecule has 0 spiro atoms. The van der Waals surface area contributed by atoms with Crippen LogP contribution in [-0.2, 0) is 44.3 Å². The Hall–Kier alpha value is 0.468. The first-order valence-electron chi connectivity index (χ1n) is 9.59. The molecule has 10 nitrogen and oxygen atoms in total. The van der Waals surface area contributed by atoms with Crippen LogP contribution in [0.5, 0.6) is 0 Å². The first-order chi connectivity index (χ1) is 14.1. The SMILES string of the molecule is CO[Si](OC)(OC)C(C)[Si](OC)(C(C)[Si](OC)(OC)OC)C(C)[Si](OC)(OC)OC. The van der Waals surface area contributed by atoms with Gasteiger partial charge in [0.25, 0.3) is 0 Å². The molecule has 0 aliphatic heterocycles. The predicted octanol–water partition coefficient (Wildman–Crippen LogP) is 2.00. The molecule has 0 radical (unpaired) electrons. The fraction of sp³-hybridized carbons (Fsp3) is 1.00. The first-order valence-corrected chi connectivity index (χ1v) is 17.1. The number of hydrogen-bond donors (Lipinski definition) is 0. The van der Waals surface area contributed by atoms with Gasteiger partial charge in [0.05, 0.1) is 0 Å². The molecule has 0 bridgehead atoms. The summed E-state index contributed by atoms with van der Waals surface area (Å²) in [5, 5.41) is -0.834. The Labute approximate surface area is 186 Å². The summed E-state index contributed by atoms with van der Waals surface area (Å²) in [5.74, 6) is 0. The van der Waals surface area contributed by atoms with E-state index in [9.17, 15) is 0 Å². The molecule has 0 aliphatic carbocycles. The molecule has 0 saturated heterocycles. The van der Waals surface area contributed by atoms with E-state index in [0.717, 1.165) is 0 Å². The predicted molar refractivity (Wildman–Crippen MR) is 121 cm³/mol. The molecule has 0 aliphatic rings. The lowest BCUT2D eigenvalue weighted by Crippen LogP contribution is -2.72. The van der Waals surface area contributed by atoms with E-state index in [1.807, 2.05) is 20.8 Å². The summed E-state index contributed by atoms with van der Waals surface area (Å²) in [4.78, 5) is 0. The summed E-state index contributed by atoms with van der Waals surface area (Å²) >= 11 is 0. The Kier molecular flexibility index (Phi) is 12.8. The largest absolute Gasteiger partial charge is 0.502 e. The molecule has 3 unspecified atom stereocenters. The first kappa shape index (κ1) is 30.5. The number of rotatable bonds is 16. The Balaban J connectivity index is 7.15. The van der Waals surface area contributed by atoms with Crippen LogP contribution < -0.4 is 0 Å². The van der Waals surface area contributed by atoms with Crippen molar-refractivity contribution in [1.29, 1.82) is 0 Å². The van der Waals surface area contributed by atoms with Crippen LogP contribution >= 0.6 is 0 Å². The molecule has 30 heavy (non-hydrogen) atoms. The monoisotopic (exact) mass is 506 g/mol. The van der Waals surface area contributed by atoms with Crippen LogP contribution in [0, 0.1) is 0 Å². The molecule has 3 atom stereocenters. The Morgan fingerprint density at radius 2 is 0.500 bits per heavy atom. The maximum Gasteiger partial charge on any atom is 0.502 e. The van der Waals surface area contributed by atoms with E-state index in [2.05, 4.69) is 0 Å². The maximum atomic E-state index is 6.48. The number of hydrogen-bond acceptors (Lipinski definition) is 10. The fourth-order valence-electron chi connectivity index (χ4n) is 4.83. The van der Waals surface area contributed by atoms with Crippen molar-refractivity contribution in [2.45, 2.75) is 36.3 Å². The van der Waals surface area contributed by atoms with E-state index < -0.39 is 34.7 Å². The zero-order valence-corrected chi connectivity index (χ0v) is 24.8. The average Bonchev–Trinajstić information content (AvgIpc) is 2.79. The van der Waals surface area contributed by atoms with Crippen LogP contribution in [0.3, 0.4) is 0 Å². The van der Waals surface area contributed by atoms with Gasteiger partial charge in [0.2, 0.25) is 8.32 Å². The second-order valence-corrected chi connectivity index (χ2v) is 23.2. The van der Waals surface area contributed by atoms with Crippen molar-refractivity contribution in [2.75, 3.05) is 71.1 Å². The molecule has 0 amide bonds. The van der Waals surface area contributed by atoms with E-state index >= 15 is 0 Å². The molecule has 0 saturated carbocycles. The van der Waals surface area contributed by atoms with Crippen LogP contribution in [0.4, 0.5) is 0 Å². The fourth-order valence-corrected chi connectivity index (χ4v) is 29.7. The van der Waals surface area contributed by atoms with Crippen LogP contribution in [0.2, 0.25) is 15.5 Å². The average molecular weight is 507 g/mol. The molecule has 0 aromatic carbocycles. The summed E-state index contributed by atoms with van der Waals surface area (Å²) in [5.41, 5.74) is 0. The van der Waals surface area contributed by atoms with Gasteiger partial charge in [-0.25, -0.2) is 0 Å². The van der Waals surface area contributed by atoms with Gasteiger partial charge in [-0.3, -0.25) is 0 Å². The molecular weight excluding hydrogens is 465 g/mol. The zero-order valence-electron chi connectivity index (χ0n) is 20.8. The van der Waals surface area contributed by atoms with E-state index in [1.165, 1.54) is 0 Å². The molecule has 0 aromatic rings. The molecule has 0 heterocycles. The van der Waals surface area contributed by atoms with Gasteiger partial charge in [-0.05, 0) is 0 Å². The molecule has 0 N–H and O–H groups in total. The molecule has 0 rings (SSSR count). The van der Waals surface area contributed by atoms with Crippen LogP contribution in [-0.4, -0.2) is 106 Å². The summed E-state index contributed by atoms with van der Waals surface area (Å²) in [7, 11) is 3.26. The van der Waals surface area contributed by atoms with Gasteiger partial charge in [-0.15, -0.1) is 0 Å². The summed E-state index contributed by atoms with van der Waals surface area (Å²) in [6.45, 7) is 6.06. The van der Waals surface area contributed by atoms with Crippen molar-refractivity contribution in [3.63, 3.8) is 0 Å². The van der Waals surface area contributed by atoms with Gasteiger partial charge in [-0.1, -0.05) is 20.8 Å². The minimum absolute atomic E-state index is 0.278. The van der Waals surface area contributed by atoms with Gasteiger partial charge in [0, 0.05) is 86.6 Å². The summed E-state index contributed by atoms with van der Waals surface area (Å²) in [6.07, 6.45) is 0. The maximum absolute atomic E-state index is 6.48. The van der Waals surface area contributed by atoms with E-state index in [0.29, 0.717) is 0 Å². The Bertz CT molecular complexity index is 399. The van der Waals surface area contributed by atoms with E-state index in [4.69, 9.17) is 44.3 Å². The topological polar surface area (TPSA) is 92.3 Å². The smallest absolute Gasteiger partial charge is 0.419 e. The van der Waals surface area contributed by atoms with Gasteiger partial charge in [0.15, 0.2) is 0 Å². The Morgan fingerprint density at radius 3 is 0.600 bits per heavy atom. The second kappa shape index (κ2) is 12.6. The van der Waals surface area contributed by atoms with Crippen molar-refractivity contribution >= 4 is 34.7 Å². The molecule has 0 fully saturated rings. The normalized spacial score (nSPS) is 18.7. The highest BCUT2D eigenvalue weighted by Gasteiger charge is 2.73. The second-order valence-electron chi connectivity index (χ2n) is 6.87. The lowest BCUT2D eigenvalue weighted by Gasteiger charge is -2.52. The van der Waals surface area contributed by atoms with Crippen molar-refractivity contribution in [1.82, 2.24) is 0 Å². The zero-order chi connectivity index (χ0) is 23.8. The molecule has 0 aromatic heterocycles. The van der Waals surface area contributed by atoms with Crippen molar-refractivity contribution in [2.24, 2.45) is 0 Å². The van der Waals surface area contributed by atoms with E-state index in [1.54, 1.807) is 71.1 Å². The molecule has 14 heteroatoms. The highest BCUT2D eigenvalue weighted by molar-refractivity contribution is 7.03. The third-order valence-corrected chi connectivity index (χ3v) is 26.8. The van der Waals surface area contributed by atoms with Crippen molar-refractivity contribution < 1.29 is 44.3 Å². The van der Waals surface area contributed by atoms with Crippen LogP contribution in [0.25, 0.3) is 0 Å². The Morgan fingerprint density at radius 1 is 0.333 bits per heavy atom. The van der Waals surface area contributed by atoms with Gasteiger partial charge in [-0.2, -0.15) is 0 Å². The van der Waals surface area contributed by atoms with Crippen LogP contribution in [0.1, 0.15) is 20.8 Å². The third-order valence-electron chi connectivity index (χ3n) is 6.54. The summed E-state index contributed by atoms with van der Waals surface area (Å²) in [6, 6.07) is 0. The van der Waals surface area contributed by atoms with E-state index in [-0.39, 0.29) is 15.5 Å². The minimum Gasteiger partial charge on any atom is -0.419 e. The lowest BCUT2D eigenvalue weighted by molar-refractivity contribution is 0.104. The van der Waals surface area contributed by atoms with Gasteiger partial charge in [0.1, 0.15) is 0 Å². The standard InChI is InChI=1S/C16H42O10Si4/c1-14(28(18-5,19-6)20-7)27(17-4,15(2)29(21-8,22-9)23-10)16(3)30(24-11,25-12)26-13/h14-16H,1-13H3.